The van der Waals surface area contributed by atoms with Crippen LogP contribution >= 0.6 is 0 Å². The van der Waals surface area contributed by atoms with Gasteiger partial charge in [-0.1, -0.05) is 64.5 Å². The molecule has 6 aliphatic rings. The van der Waals surface area contributed by atoms with E-state index >= 15 is 0 Å². The van der Waals surface area contributed by atoms with Crippen LogP contribution in [0.15, 0.2) is 23.8 Å². The quantitative estimate of drug-likeness (QED) is 0.390. The zero-order valence-corrected chi connectivity index (χ0v) is 22.3. The van der Waals surface area contributed by atoms with E-state index in [4.69, 9.17) is 29.3 Å². The van der Waals surface area contributed by atoms with E-state index in [0.29, 0.717) is 12.0 Å². The zero-order valence-electron chi connectivity index (χ0n) is 33.3. The monoisotopic (exact) mass is 551 g/mol. The number of ether oxygens (including phenoxy) is 3. The molecule has 5 aliphatic carbocycles. The molecule has 1 saturated heterocycles. The third-order valence-electron chi connectivity index (χ3n) is 10.8. The maximum atomic E-state index is 14.8. The lowest BCUT2D eigenvalue weighted by atomic mass is 9.47. The van der Waals surface area contributed by atoms with Crippen molar-refractivity contribution in [1.82, 2.24) is 0 Å². The Bertz CT molecular complexity index is 1500. The van der Waals surface area contributed by atoms with Gasteiger partial charge in [0.1, 0.15) is 0 Å². The number of Topliss-reactive ketones (excluding diaryl/α,β-unsaturated/α-hetero) is 1. The van der Waals surface area contributed by atoms with Gasteiger partial charge in [0.2, 0.25) is 5.78 Å². The van der Waals surface area contributed by atoms with Crippen LogP contribution in [0.4, 0.5) is 0 Å². The zero-order chi connectivity index (χ0) is 37.2. The fourth-order valence-corrected chi connectivity index (χ4v) is 9.00. The van der Waals surface area contributed by atoms with Crippen molar-refractivity contribution in [2.45, 2.75) is 109 Å². The second-order valence-electron chi connectivity index (χ2n) is 12.6. The van der Waals surface area contributed by atoms with Crippen molar-refractivity contribution in [1.29, 1.82) is 0 Å². The second-order valence-corrected chi connectivity index (χ2v) is 12.6. The molecular formula is C32H44O7. The van der Waals surface area contributed by atoms with E-state index in [1.165, 1.54) is 6.08 Å². The Kier molecular flexibility index (Phi) is 4.25. The van der Waals surface area contributed by atoms with E-state index in [2.05, 4.69) is 0 Å². The van der Waals surface area contributed by atoms with Crippen molar-refractivity contribution in [3.8, 4) is 0 Å². The van der Waals surface area contributed by atoms with Gasteiger partial charge in [-0.3, -0.25) is 14.4 Å². The molecule has 0 aromatic carbocycles. The molecule has 4 fully saturated rings. The molecule has 0 amide bonds. The molecule has 0 aromatic rings. The molecule has 1 aliphatic heterocycles. The van der Waals surface area contributed by atoms with E-state index < -0.39 is 103 Å². The molecule has 7 heteroatoms. The third kappa shape index (κ3) is 3.97. The van der Waals surface area contributed by atoms with Gasteiger partial charge in [-0.25, -0.2) is 0 Å². The first-order valence-electron chi connectivity index (χ1n) is 19.6. The predicted molar refractivity (Wildman–Crippen MR) is 143 cm³/mol. The molecule has 1 unspecified atom stereocenters. The van der Waals surface area contributed by atoms with Gasteiger partial charge in [0, 0.05) is 40.0 Å². The highest BCUT2D eigenvalue weighted by atomic mass is 16.7. The van der Waals surface area contributed by atoms with Crippen molar-refractivity contribution < 1.29 is 48.8 Å². The van der Waals surface area contributed by atoms with E-state index in [-0.39, 0.29) is 24.8 Å². The predicted octanol–water partition coefficient (Wildman–Crippen LogP) is 4.70. The van der Waals surface area contributed by atoms with E-state index in [9.17, 15) is 19.5 Å². The van der Waals surface area contributed by atoms with Gasteiger partial charge in [-0.2, -0.15) is 0 Å². The molecule has 214 valence electrons. The van der Waals surface area contributed by atoms with E-state index in [1.807, 2.05) is 0 Å². The lowest BCUT2D eigenvalue weighted by molar-refractivity contribution is -0.208. The summed E-state index contributed by atoms with van der Waals surface area (Å²) in [6.07, 6.45) is 3.27. The van der Waals surface area contributed by atoms with Crippen LogP contribution in [0.1, 0.15) is 100 Å². The minimum absolute atomic E-state index is 0.139. The lowest BCUT2D eigenvalue weighted by Gasteiger charge is -2.59. The number of hydrogen-bond acceptors (Lipinski definition) is 7. The maximum absolute atomic E-state index is 14.8. The standard InChI is InChI=1S/C32H44O7/c1-18(2)28(36)37-17-25(35)32-26(38-29(39-32)19-8-6-5-7-9-19)15-23-22-11-10-20-14-21(33)12-13-30(20,3)27(22)24(34)16-31(23,32)4/h10,12-13,18-19,22-24,26-27,29,34H,5-9,11,14-17H2,1-4H3/t22-,23-,24-,26+,27+,29+,30-,31-,32+/m0/s1/i1D3,2D3,12D,14D,17D2,18D/t14?,22-,23-,24-,26+,27+,29+,30-,31-,32+. The number of fused-ring (bicyclic) bond motifs is 7. The van der Waals surface area contributed by atoms with Crippen LogP contribution in [-0.4, -0.2) is 53.3 Å². The fourth-order valence-electron chi connectivity index (χ4n) is 9.00. The molecule has 1 N–H and O–H groups in total. The molecule has 10 atom stereocenters. The number of rotatable bonds is 5. The topological polar surface area (TPSA) is 99.1 Å². The largest absolute Gasteiger partial charge is 0.457 e. The summed E-state index contributed by atoms with van der Waals surface area (Å²) in [5.74, 6) is -9.86. The highest BCUT2D eigenvalue weighted by Gasteiger charge is 2.76. The second kappa shape index (κ2) is 9.63. The fraction of sp³-hybridized carbons (Fsp3) is 0.781. The number of carbonyl (C=O) groups excluding carboxylic acids is 3. The SMILES string of the molecule is [2H]C1=C[C@@]2(C)C(=CC[C@@H]3[C@@H]2[C@@H](O)C[C@@]2(C)[C@H]3C[C@H]3O[C@@H](C4CCCCC4)O[C@]32C(=O)C([2H])([2H])OC(=O)C([2H])(C([2H])([2H])[2H])C([2H])([2H])[2H])C([2H])C1=O. The Morgan fingerprint density at radius 3 is 2.85 bits per heavy atom. The Balaban J connectivity index is 1.42. The summed E-state index contributed by atoms with van der Waals surface area (Å²) in [7, 11) is 0. The van der Waals surface area contributed by atoms with E-state index in [1.54, 1.807) is 19.9 Å². The molecule has 0 aromatic heterocycles. The summed E-state index contributed by atoms with van der Waals surface area (Å²) in [6.45, 7) is -7.77. The van der Waals surface area contributed by atoms with Gasteiger partial charge in [-0.15, -0.1) is 0 Å². The van der Waals surface area contributed by atoms with Crippen LogP contribution in [0.3, 0.4) is 0 Å². The van der Waals surface area contributed by atoms with Crippen LogP contribution in [0.25, 0.3) is 0 Å². The molecule has 3 saturated carbocycles. The minimum atomic E-state index is -3.92. The summed E-state index contributed by atoms with van der Waals surface area (Å²) in [4.78, 5) is 40.6. The number of allylic oxidation sites excluding steroid dienone is 4. The first kappa shape index (κ1) is 17.2. The number of aliphatic hydroxyl groups is 1. The van der Waals surface area contributed by atoms with Crippen molar-refractivity contribution in [2.75, 3.05) is 6.56 Å². The molecule has 0 radical (unpaired) electrons. The van der Waals surface area contributed by atoms with Gasteiger partial charge in [0.05, 0.1) is 22.2 Å². The smallest absolute Gasteiger partial charge is 0.308 e. The Hall–Kier alpha value is -1.83. The number of esters is 1. The number of aliphatic hydroxyl groups excluding tert-OH is 1. The highest BCUT2D eigenvalue weighted by Crippen LogP contribution is 2.69. The third-order valence-corrected chi connectivity index (χ3v) is 10.8. The van der Waals surface area contributed by atoms with Crippen LogP contribution < -0.4 is 0 Å². The number of hydrogen-bond donors (Lipinski definition) is 1. The van der Waals surface area contributed by atoms with Crippen molar-refractivity contribution in [3.63, 3.8) is 0 Å². The Morgan fingerprint density at radius 2 is 2.10 bits per heavy atom. The molecule has 6 rings (SSSR count). The summed E-state index contributed by atoms with van der Waals surface area (Å²) in [5, 5.41) is 12.0. The van der Waals surface area contributed by atoms with Gasteiger partial charge >= 0.3 is 5.97 Å². The van der Waals surface area contributed by atoms with Gasteiger partial charge in [0.15, 0.2) is 24.2 Å². The molecule has 0 bridgehead atoms. The number of carbonyl (C=O) groups is 3. The number of ketones is 2. The van der Waals surface area contributed by atoms with Crippen LogP contribution in [-0.2, 0) is 28.6 Å². The molecule has 39 heavy (non-hydrogen) atoms. The summed E-state index contributed by atoms with van der Waals surface area (Å²) in [6, 6.07) is -0.322. The van der Waals surface area contributed by atoms with Gasteiger partial charge in [-0.05, 0) is 50.0 Å². The van der Waals surface area contributed by atoms with E-state index in [0.717, 1.165) is 32.1 Å². The lowest BCUT2D eigenvalue weighted by Crippen LogP contribution is -2.63. The van der Waals surface area contributed by atoms with Crippen LogP contribution in [0.2, 0.25) is 0 Å². The van der Waals surface area contributed by atoms with Gasteiger partial charge in [0.25, 0.3) is 0 Å². The first-order valence-corrected chi connectivity index (χ1v) is 14.0. The molecule has 1 heterocycles. The minimum Gasteiger partial charge on any atom is -0.457 e. The normalized spacial score (nSPS) is 52.8. The van der Waals surface area contributed by atoms with Crippen molar-refractivity contribution in [2.24, 2.45) is 40.4 Å². The Morgan fingerprint density at radius 1 is 1.33 bits per heavy atom. The van der Waals surface area contributed by atoms with Crippen molar-refractivity contribution in [3.05, 3.63) is 23.8 Å². The average Bonchev–Trinajstić information content (AvgIpc) is 3.50. The molecule has 7 nitrogen and oxygen atoms in total. The summed E-state index contributed by atoms with van der Waals surface area (Å²) >= 11 is 0. The highest BCUT2D eigenvalue weighted by molar-refractivity contribution is 5.94. The molecular weight excluding hydrogens is 496 g/mol. The first-order chi connectivity index (χ1) is 22.9. The summed E-state index contributed by atoms with van der Waals surface area (Å²) in [5.41, 5.74) is -4.09. The Labute approximate surface area is 247 Å². The van der Waals surface area contributed by atoms with Gasteiger partial charge < -0.3 is 19.3 Å². The maximum Gasteiger partial charge on any atom is 0.308 e. The van der Waals surface area contributed by atoms with Crippen LogP contribution in [0.5, 0.6) is 0 Å². The van der Waals surface area contributed by atoms with Crippen LogP contribution in [0, 0.1) is 40.4 Å². The molecule has 0 spiro atoms. The summed E-state index contributed by atoms with van der Waals surface area (Å²) < 4.78 is 106. The average molecular weight is 552 g/mol. The van der Waals surface area contributed by atoms with Crippen molar-refractivity contribution >= 4 is 17.5 Å².